The molecule has 4 heteroatoms. The van der Waals surface area contributed by atoms with Gasteiger partial charge in [-0.1, -0.05) is 18.2 Å². The van der Waals surface area contributed by atoms with Gasteiger partial charge >= 0.3 is 0 Å². The zero-order valence-corrected chi connectivity index (χ0v) is 9.47. The minimum atomic E-state index is 0.510. The van der Waals surface area contributed by atoms with Crippen LogP contribution in [0.2, 0.25) is 0 Å². The Kier molecular flexibility index (Phi) is 4.31. The lowest BCUT2D eigenvalue weighted by atomic mass is 10.2. The van der Waals surface area contributed by atoms with Crippen molar-refractivity contribution >= 4 is 23.0 Å². The third-order valence-corrected chi connectivity index (χ3v) is 1.86. The van der Waals surface area contributed by atoms with Gasteiger partial charge in [0.15, 0.2) is 0 Å². The Morgan fingerprint density at radius 1 is 1.53 bits per heavy atom. The van der Waals surface area contributed by atoms with Crippen LogP contribution in [0.4, 0.5) is 11.4 Å². The van der Waals surface area contributed by atoms with E-state index in [4.69, 9.17) is 22.1 Å². The quantitative estimate of drug-likeness (QED) is 0.759. The van der Waals surface area contributed by atoms with E-state index in [1.54, 1.807) is 6.07 Å². The number of nitrogens with one attached hydrogen (secondary N) is 1. The molecule has 0 bridgehead atoms. The van der Waals surface area contributed by atoms with E-state index in [-0.39, 0.29) is 0 Å². The fourth-order valence-corrected chi connectivity index (χ4v) is 1.24. The van der Waals surface area contributed by atoms with Crippen LogP contribution in [0, 0.1) is 0 Å². The number of rotatable bonds is 5. The fourth-order valence-electron chi connectivity index (χ4n) is 1.17. The summed E-state index contributed by atoms with van der Waals surface area (Å²) in [7, 11) is 0. The second-order valence-electron chi connectivity index (χ2n) is 3.09. The average Bonchev–Trinajstić information content (AvgIpc) is 2.14. The molecule has 0 amide bonds. The molecule has 0 aliphatic rings. The van der Waals surface area contributed by atoms with E-state index in [1.807, 2.05) is 19.1 Å². The number of anilines is 2. The van der Waals surface area contributed by atoms with E-state index in [0.29, 0.717) is 23.9 Å². The number of nitrogen functional groups attached to an aromatic ring is 1. The van der Waals surface area contributed by atoms with Crippen molar-refractivity contribution in [2.24, 2.45) is 0 Å². The molecule has 0 fully saturated rings. The molecule has 0 aromatic heterocycles. The van der Waals surface area contributed by atoms with Crippen LogP contribution in [0.15, 0.2) is 29.8 Å². The summed E-state index contributed by atoms with van der Waals surface area (Å²) in [4.78, 5) is 0. The highest BCUT2D eigenvalue weighted by molar-refractivity contribution is 6.29. The van der Waals surface area contributed by atoms with E-state index in [2.05, 4.69) is 11.9 Å². The highest BCUT2D eigenvalue weighted by atomic mass is 35.5. The molecule has 1 rings (SSSR count). The largest absolute Gasteiger partial charge is 0.494 e. The lowest BCUT2D eigenvalue weighted by Gasteiger charge is -2.09. The molecule has 3 N–H and O–H groups in total. The number of ether oxygens (including phenoxy) is 1. The van der Waals surface area contributed by atoms with Crippen molar-refractivity contribution in [3.05, 3.63) is 29.8 Å². The molecule has 0 heterocycles. The molecule has 0 aliphatic heterocycles. The Morgan fingerprint density at radius 2 is 2.27 bits per heavy atom. The van der Waals surface area contributed by atoms with Gasteiger partial charge in [0, 0.05) is 28.5 Å². The summed E-state index contributed by atoms with van der Waals surface area (Å²) in [6.45, 7) is 6.65. The number of nitrogens with two attached hydrogens (primary N) is 1. The number of hydrogen-bond acceptors (Lipinski definition) is 3. The van der Waals surface area contributed by atoms with Gasteiger partial charge in [0.25, 0.3) is 0 Å². The normalized spacial score (nSPS) is 9.73. The van der Waals surface area contributed by atoms with E-state index in [9.17, 15) is 0 Å². The second-order valence-corrected chi connectivity index (χ2v) is 3.63. The first-order chi connectivity index (χ1) is 7.11. The lowest BCUT2D eigenvalue weighted by molar-refractivity contribution is 0.340. The molecule has 0 unspecified atom stereocenters. The molecular formula is C11H15ClN2O. The summed E-state index contributed by atoms with van der Waals surface area (Å²) in [6.07, 6.45) is 0. The first kappa shape index (κ1) is 11.7. The van der Waals surface area contributed by atoms with Crippen LogP contribution in [0.3, 0.4) is 0 Å². The first-order valence-electron chi connectivity index (χ1n) is 4.72. The van der Waals surface area contributed by atoms with Crippen LogP contribution in [0.1, 0.15) is 6.92 Å². The Bertz CT molecular complexity index is 352. The van der Waals surface area contributed by atoms with Gasteiger partial charge in [0.05, 0.1) is 13.2 Å². The smallest absolute Gasteiger partial charge is 0.123 e. The molecule has 3 nitrogen and oxygen atoms in total. The van der Waals surface area contributed by atoms with Crippen LogP contribution in [0.25, 0.3) is 0 Å². The summed E-state index contributed by atoms with van der Waals surface area (Å²) in [6, 6.07) is 5.48. The molecule has 1 aromatic carbocycles. The Morgan fingerprint density at radius 3 is 2.87 bits per heavy atom. The summed E-state index contributed by atoms with van der Waals surface area (Å²) in [5.74, 6) is 0.750. The lowest BCUT2D eigenvalue weighted by Crippen LogP contribution is -2.02. The van der Waals surface area contributed by atoms with Crippen LogP contribution in [0.5, 0.6) is 5.75 Å². The van der Waals surface area contributed by atoms with Gasteiger partial charge in [-0.15, -0.1) is 0 Å². The summed E-state index contributed by atoms with van der Waals surface area (Å²) < 4.78 is 5.36. The number of benzene rings is 1. The van der Waals surface area contributed by atoms with Crippen molar-refractivity contribution in [3.8, 4) is 5.75 Å². The van der Waals surface area contributed by atoms with Gasteiger partial charge < -0.3 is 15.8 Å². The fraction of sp³-hybridized carbons (Fsp3) is 0.273. The zero-order chi connectivity index (χ0) is 11.3. The maximum Gasteiger partial charge on any atom is 0.123 e. The van der Waals surface area contributed by atoms with Crippen molar-refractivity contribution in [1.29, 1.82) is 0 Å². The van der Waals surface area contributed by atoms with Gasteiger partial charge in [-0.2, -0.15) is 0 Å². The maximum atomic E-state index is 5.72. The number of halogens is 1. The predicted octanol–water partition coefficient (Wildman–Crippen LogP) is 2.83. The van der Waals surface area contributed by atoms with Crippen LogP contribution < -0.4 is 15.8 Å². The first-order valence-corrected chi connectivity index (χ1v) is 5.10. The van der Waals surface area contributed by atoms with Crippen molar-refractivity contribution in [2.45, 2.75) is 6.92 Å². The molecule has 0 radical (unpaired) electrons. The van der Waals surface area contributed by atoms with Gasteiger partial charge in [-0.3, -0.25) is 0 Å². The molecule has 82 valence electrons. The van der Waals surface area contributed by atoms with Gasteiger partial charge in [-0.05, 0) is 13.0 Å². The summed E-state index contributed by atoms with van der Waals surface area (Å²) >= 11 is 5.65. The summed E-state index contributed by atoms with van der Waals surface area (Å²) in [5, 5.41) is 3.64. The minimum absolute atomic E-state index is 0.510. The molecule has 0 spiro atoms. The molecular weight excluding hydrogens is 212 g/mol. The Hall–Kier alpha value is -1.35. The topological polar surface area (TPSA) is 47.3 Å². The van der Waals surface area contributed by atoms with E-state index in [1.165, 1.54) is 0 Å². The molecule has 1 aromatic rings. The standard InChI is InChI=1S/C11H15ClN2O/c1-3-15-11-5-9(13)4-10(6-11)14-7-8(2)12/h4-6,14H,2-3,7,13H2,1H3. The highest BCUT2D eigenvalue weighted by Gasteiger charge is 1.99. The Balaban J connectivity index is 2.74. The summed E-state index contributed by atoms with van der Waals surface area (Å²) in [5.41, 5.74) is 7.25. The van der Waals surface area contributed by atoms with Crippen molar-refractivity contribution in [1.82, 2.24) is 0 Å². The molecule has 0 aliphatic carbocycles. The average molecular weight is 227 g/mol. The second kappa shape index (κ2) is 5.51. The number of hydrogen-bond donors (Lipinski definition) is 2. The SMILES string of the molecule is C=C(Cl)CNc1cc(N)cc(OCC)c1. The van der Waals surface area contributed by atoms with Gasteiger partial charge in [-0.25, -0.2) is 0 Å². The van der Waals surface area contributed by atoms with Crippen LogP contribution in [-0.4, -0.2) is 13.2 Å². The van der Waals surface area contributed by atoms with Crippen molar-refractivity contribution < 1.29 is 4.74 Å². The van der Waals surface area contributed by atoms with Crippen LogP contribution in [-0.2, 0) is 0 Å². The molecule has 15 heavy (non-hydrogen) atoms. The predicted molar refractivity (Wildman–Crippen MR) is 65.5 cm³/mol. The minimum Gasteiger partial charge on any atom is -0.494 e. The van der Waals surface area contributed by atoms with Gasteiger partial charge in [0.2, 0.25) is 0 Å². The Labute approximate surface area is 94.9 Å². The van der Waals surface area contributed by atoms with Crippen LogP contribution >= 0.6 is 11.6 Å². The third kappa shape index (κ3) is 4.13. The third-order valence-electron chi connectivity index (χ3n) is 1.72. The molecule has 0 atom stereocenters. The van der Waals surface area contributed by atoms with E-state index < -0.39 is 0 Å². The zero-order valence-electron chi connectivity index (χ0n) is 8.72. The maximum absolute atomic E-state index is 5.72. The van der Waals surface area contributed by atoms with Gasteiger partial charge in [0.1, 0.15) is 5.75 Å². The van der Waals surface area contributed by atoms with Crippen molar-refractivity contribution in [3.63, 3.8) is 0 Å². The highest BCUT2D eigenvalue weighted by Crippen LogP contribution is 2.22. The monoisotopic (exact) mass is 226 g/mol. The molecule has 0 saturated carbocycles. The van der Waals surface area contributed by atoms with Crippen molar-refractivity contribution in [2.75, 3.05) is 24.2 Å². The molecule has 0 saturated heterocycles. The van der Waals surface area contributed by atoms with E-state index in [0.717, 1.165) is 11.4 Å². The van der Waals surface area contributed by atoms with E-state index >= 15 is 0 Å².